The Morgan fingerprint density at radius 2 is 1.54 bits per heavy atom. The molecule has 0 saturated carbocycles. The van der Waals surface area contributed by atoms with Crippen molar-refractivity contribution in [3.63, 3.8) is 0 Å². The zero-order chi connectivity index (χ0) is 25.4. The van der Waals surface area contributed by atoms with Gasteiger partial charge in [-0.3, -0.25) is 4.79 Å². The van der Waals surface area contributed by atoms with Gasteiger partial charge in [0.05, 0.1) is 26.4 Å². The molecule has 0 radical (unpaired) electrons. The van der Waals surface area contributed by atoms with E-state index in [-0.39, 0.29) is 45.6 Å². The van der Waals surface area contributed by atoms with Crippen LogP contribution in [0.2, 0.25) is 0 Å². The van der Waals surface area contributed by atoms with Gasteiger partial charge in [-0.05, 0) is 18.2 Å². The molecule has 0 spiro atoms. The number of rotatable bonds is 6. The summed E-state index contributed by atoms with van der Waals surface area (Å²) in [7, 11) is 2.64. The summed E-state index contributed by atoms with van der Waals surface area (Å²) in [6.45, 7) is -0.667. The number of phenols is 2. The molecule has 0 unspecified atom stereocenters. The van der Waals surface area contributed by atoms with Gasteiger partial charge in [0.1, 0.15) is 35.9 Å². The lowest BCUT2D eigenvalue weighted by atomic mass is 9.99. The zero-order valence-corrected chi connectivity index (χ0v) is 18.6. The molecule has 35 heavy (non-hydrogen) atoms. The average molecular weight is 492 g/mol. The van der Waals surface area contributed by atoms with Crippen LogP contribution >= 0.6 is 0 Å². The molecule has 2 heterocycles. The number of aliphatic hydroxyl groups is 4. The van der Waals surface area contributed by atoms with E-state index >= 15 is 0 Å². The van der Waals surface area contributed by atoms with E-state index in [9.17, 15) is 35.4 Å². The summed E-state index contributed by atoms with van der Waals surface area (Å²) in [5.41, 5.74) is -0.187. The fraction of sp³-hybridized carbons (Fsp3) is 0.348. The minimum atomic E-state index is -1.72. The number of hydrogen-bond donors (Lipinski definition) is 6. The van der Waals surface area contributed by atoms with Gasteiger partial charge in [0.15, 0.2) is 28.4 Å². The molecule has 0 aromatic heterocycles. The van der Waals surface area contributed by atoms with Crippen molar-refractivity contribution in [3.05, 3.63) is 40.6 Å². The summed E-state index contributed by atoms with van der Waals surface area (Å²) >= 11 is 0. The first-order chi connectivity index (χ1) is 16.7. The number of benzene rings is 2. The summed E-state index contributed by atoms with van der Waals surface area (Å²) in [4.78, 5) is 11.9. The summed E-state index contributed by atoms with van der Waals surface area (Å²) in [5, 5.41) is 60.6. The van der Waals surface area contributed by atoms with Gasteiger partial charge in [-0.15, -0.1) is 0 Å². The number of fused-ring (bicyclic) bond motifs is 1. The standard InChI is InChI=1S/C23H24O12/c1-31-14-3-9(4-15(32-2)18(14)27)22-16(7-11-12(26)5-10(25)6-13(11)33-22)34-23-21(30)20(29)19(28)17(8-24)35-23/h3-7,17,19-21,23-24,26-30H,8H2,1-2H3/t17-,19+,20+,21-,23-/m1/s1. The molecule has 1 aromatic rings. The van der Waals surface area contributed by atoms with Crippen LogP contribution < -0.4 is 19.6 Å². The summed E-state index contributed by atoms with van der Waals surface area (Å²) < 4.78 is 27.5. The average Bonchev–Trinajstić information content (AvgIpc) is 2.84. The van der Waals surface area contributed by atoms with Crippen molar-refractivity contribution in [2.75, 3.05) is 20.8 Å². The van der Waals surface area contributed by atoms with Crippen LogP contribution in [0, 0.1) is 0 Å². The van der Waals surface area contributed by atoms with Crippen LogP contribution in [0.5, 0.6) is 28.7 Å². The second-order valence-corrected chi connectivity index (χ2v) is 7.84. The molecule has 4 rings (SSSR count). The van der Waals surface area contributed by atoms with E-state index < -0.39 is 48.5 Å². The van der Waals surface area contributed by atoms with Gasteiger partial charge in [-0.2, -0.15) is 0 Å². The molecule has 1 fully saturated rings. The third-order valence-electron chi connectivity index (χ3n) is 5.64. The van der Waals surface area contributed by atoms with Crippen LogP contribution in [0.15, 0.2) is 39.5 Å². The first kappa shape index (κ1) is 24.6. The zero-order valence-electron chi connectivity index (χ0n) is 18.6. The van der Waals surface area contributed by atoms with Gasteiger partial charge < -0.3 is 54.0 Å². The van der Waals surface area contributed by atoms with Crippen molar-refractivity contribution in [2.24, 2.45) is 0 Å². The molecule has 1 saturated heterocycles. The predicted molar refractivity (Wildman–Crippen MR) is 118 cm³/mol. The number of hydrogen-bond acceptors (Lipinski definition) is 12. The number of phenolic OH excluding ortho intramolecular Hbond substituents is 2. The molecule has 6 N–H and O–H groups in total. The van der Waals surface area contributed by atoms with Gasteiger partial charge in [0, 0.05) is 17.7 Å². The Hall–Kier alpha value is -3.55. The minimum absolute atomic E-state index is 0.00263. The van der Waals surface area contributed by atoms with Crippen molar-refractivity contribution in [3.8, 4) is 51.4 Å². The highest BCUT2D eigenvalue weighted by Gasteiger charge is 2.45. The van der Waals surface area contributed by atoms with Crippen LogP contribution in [0.25, 0.3) is 22.6 Å². The van der Waals surface area contributed by atoms with Gasteiger partial charge in [0.25, 0.3) is 0 Å². The monoisotopic (exact) mass is 492 g/mol. The Bertz CT molecular complexity index is 1210. The number of aliphatic hydroxyl groups excluding tert-OH is 4. The molecule has 3 aliphatic rings. The molecule has 0 bridgehead atoms. The smallest absolute Gasteiger partial charge is 0.229 e. The second-order valence-electron chi connectivity index (χ2n) is 7.84. The van der Waals surface area contributed by atoms with E-state index in [1.807, 2.05) is 0 Å². The first-order valence-electron chi connectivity index (χ1n) is 10.4. The fourth-order valence-electron chi connectivity index (χ4n) is 3.78. The fourth-order valence-corrected chi connectivity index (χ4v) is 3.78. The summed E-state index contributed by atoms with van der Waals surface area (Å²) in [6.07, 6.45) is -7.82. The van der Waals surface area contributed by atoms with Crippen molar-refractivity contribution >= 4 is 0 Å². The Morgan fingerprint density at radius 3 is 2.14 bits per heavy atom. The normalized spacial score (nSPS) is 24.3. The van der Waals surface area contributed by atoms with E-state index in [2.05, 4.69) is 0 Å². The highest BCUT2D eigenvalue weighted by atomic mass is 16.7. The number of methoxy groups -OCH3 is 2. The molecule has 1 aliphatic carbocycles. The Morgan fingerprint density at radius 1 is 0.886 bits per heavy atom. The van der Waals surface area contributed by atoms with Gasteiger partial charge in [-0.25, -0.2) is 0 Å². The molecular weight excluding hydrogens is 468 g/mol. The first-order valence-corrected chi connectivity index (χ1v) is 10.4. The van der Waals surface area contributed by atoms with E-state index in [4.69, 9.17) is 23.4 Å². The molecule has 5 atom stereocenters. The molecular formula is C23H24O12. The van der Waals surface area contributed by atoms with E-state index in [0.717, 1.165) is 12.1 Å². The third-order valence-corrected chi connectivity index (χ3v) is 5.64. The van der Waals surface area contributed by atoms with Crippen molar-refractivity contribution in [1.82, 2.24) is 0 Å². The Labute approximate surface area is 198 Å². The molecule has 0 amide bonds. The maximum atomic E-state index is 11.9. The second kappa shape index (κ2) is 9.60. The van der Waals surface area contributed by atoms with Crippen molar-refractivity contribution in [2.45, 2.75) is 30.7 Å². The lowest BCUT2D eigenvalue weighted by molar-refractivity contribution is -0.277. The van der Waals surface area contributed by atoms with Gasteiger partial charge in [-0.1, -0.05) is 0 Å². The van der Waals surface area contributed by atoms with Crippen LogP contribution in [0.3, 0.4) is 0 Å². The van der Waals surface area contributed by atoms with Crippen LogP contribution in [0.1, 0.15) is 0 Å². The number of aromatic hydroxyl groups is 2. The molecule has 12 heteroatoms. The lowest BCUT2D eigenvalue weighted by Gasteiger charge is -2.39. The molecule has 188 valence electrons. The number of ether oxygens (including phenoxy) is 4. The quantitative estimate of drug-likeness (QED) is 0.271. The van der Waals surface area contributed by atoms with Crippen molar-refractivity contribution < 1.29 is 54.0 Å². The highest BCUT2D eigenvalue weighted by Crippen LogP contribution is 2.46. The summed E-state index contributed by atoms with van der Waals surface area (Å²) in [6, 6.07) is 6.22. The predicted octanol–water partition coefficient (Wildman–Crippen LogP) is 0.0187. The van der Waals surface area contributed by atoms with E-state index in [1.54, 1.807) is 0 Å². The van der Waals surface area contributed by atoms with Crippen molar-refractivity contribution in [1.29, 1.82) is 0 Å². The molecule has 12 nitrogen and oxygen atoms in total. The lowest BCUT2D eigenvalue weighted by Crippen LogP contribution is -2.60. The Kier molecular flexibility index (Phi) is 6.74. The van der Waals surface area contributed by atoms with Gasteiger partial charge >= 0.3 is 0 Å². The SMILES string of the molecule is COc1cc(-c2oc3cc(=O)cc(O)c-3cc2O[C@@H]2O[C@H](CO)[C@H](O)[C@H](O)[C@H]2O)cc(OC)c1O. The molecule has 2 aliphatic heterocycles. The highest BCUT2D eigenvalue weighted by molar-refractivity contribution is 5.77. The topological polar surface area (TPSA) is 189 Å². The van der Waals surface area contributed by atoms with E-state index in [0.29, 0.717) is 0 Å². The van der Waals surface area contributed by atoms with Crippen LogP contribution in [-0.4, -0.2) is 82.2 Å². The minimum Gasteiger partial charge on any atom is -0.507 e. The Balaban J connectivity index is 1.89. The maximum Gasteiger partial charge on any atom is 0.229 e. The van der Waals surface area contributed by atoms with Crippen LogP contribution in [-0.2, 0) is 4.74 Å². The maximum absolute atomic E-state index is 11.9. The molecule has 1 aromatic carbocycles. The third kappa shape index (κ3) is 4.45. The van der Waals surface area contributed by atoms with Crippen LogP contribution in [0.4, 0.5) is 0 Å². The largest absolute Gasteiger partial charge is 0.507 e. The summed E-state index contributed by atoms with van der Waals surface area (Å²) in [5.74, 6) is -0.806. The van der Waals surface area contributed by atoms with Gasteiger partial charge in [0.2, 0.25) is 12.0 Å². The van der Waals surface area contributed by atoms with E-state index in [1.165, 1.54) is 32.4 Å².